The van der Waals surface area contributed by atoms with E-state index in [1.807, 2.05) is 46.8 Å². The third kappa shape index (κ3) is 3.73. The SMILES string of the molecule is Cc1cn2nc(C3CCCCN3C(=O)c3cccc(Cl)c3C)cc2nc1N1CCC(N)C1. The number of hydrogen-bond acceptors (Lipinski definition) is 5. The fraction of sp³-hybridized carbons (Fsp3) is 0.458. The largest absolute Gasteiger partial charge is 0.355 e. The van der Waals surface area contributed by atoms with Crippen LogP contribution in [0.4, 0.5) is 5.82 Å². The summed E-state index contributed by atoms with van der Waals surface area (Å²) < 4.78 is 1.84. The van der Waals surface area contributed by atoms with Crippen LogP contribution < -0.4 is 10.6 Å². The number of hydrogen-bond donors (Lipinski definition) is 1. The molecule has 0 aliphatic carbocycles. The van der Waals surface area contributed by atoms with Crippen molar-refractivity contribution in [3.05, 3.63) is 57.9 Å². The average Bonchev–Trinajstić information content (AvgIpc) is 3.40. The Morgan fingerprint density at radius 3 is 2.81 bits per heavy atom. The van der Waals surface area contributed by atoms with Gasteiger partial charge in [-0.2, -0.15) is 5.10 Å². The van der Waals surface area contributed by atoms with Gasteiger partial charge in [0.2, 0.25) is 0 Å². The highest BCUT2D eigenvalue weighted by atomic mass is 35.5. The van der Waals surface area contributed by atoms with Crippen molar-refractivity contribution in [2.24, 2.45) is 5.73 Å². The molecule has 0 radical (unpaired) electrons. The zero-order chi connectivity index (χ0) is 22.4. The first-order valence-corrected chi connectivity index (χ1v) is 11.7. The molecule has 7 nitrogen and oxygen atoms in total. The van der Waals surface area contributed by atoms with Gasteiger partial charge in [-0.15, -0.1) is 0 Å². The lowest BCUT2D eigenvalue weighted by atomic mass is 9.97. The smallest absolute Gasteiger partial charge is 0.254 e. The minimum absolute atomic E-state index is 0.0163. The van der Waals surface area contributed by atoms with Crippen LogP contribution in [0.5, 0.6) is 0 Å². The first-order chi connectivity index (χ1) is 15.4. The number of likely N-dealkylation sites (tertiary alicyclic amines) is 1. The van der Waals surface area contributed by atoms with Crippen molar-refractivity contribution in [2.75, 3.05) is 24.5 Å². The molecule has 2 fully saturated rings. The number of carbonyl (C=O) groups is 1. The molecule has 2 aliphatic heterocycles. The number of anilines is 1. The maximum atomic E-state index is 13.5. The molecule has 168 valence electrons. The molecule has 2 atom stereocenters. The van der Waals surface area contributed by atoms with Crippen LogP contribution >= 0.6 is 11.6 Å². The first-order valence-electron chi connectivity index (χ1n) is 11.4. The third-order valence-electron chi connectivity index (χ3n) is 6.75. The molecule has 4 heterocycles. The van der Waals surface area contributed by atoms with E-state index in [9.17, 15) is 4.79 Å². The van der Waals surface area contributed by atoms with Crippen LogP contribution in [0.15, 0.2) is 30.5 Å². The molecule has 5 rings (SSSR count). The normalized spacial score (nSPS) is 21.5. The van der Waals surface area contributed by atoms with E-state index in [1.54, 1.807) is 0 Å². The molecular formula is C24H29ClN6O. The fourth-order valence-electron chi connectivity index (χ4n) is 4.96. The Morgan fingerprint density at radius 1 is 1.19 bits per heavy atom. The zero-order valence-corrected chi connectivity index (χ0v) is 19.3. The van der Waals surface area contributed by atoms with E-state index in [0.717, 1.165) is 67.1 Å². The summed E-state index contributed by atoms with van der Waals surface area (Å²) in [7, 11) is 0. The summed E-state index contributed by atoms with van der Waals surface area (Å²) in [4.78, 5) is 22.6. The number of nitrogens with zero attached hydrogens (tertiary/aromatic N) is 5. The summed E-state index contributed by atoms with van der Waals surface area (Å²) in [5.41, 5.74) is 10.4. The van der Waals surface area contributed by atoms with Crippen LogP contribution in [0.2, 0.25) is 5.02 Å². The second-order valence-corrected chi connectivity index (χ2v) is 9.44. The number of nitrogens with two attached hydrogens (primary N) is 1. The lowest BCUT2D eigenvalue weighted by Crippen LogP contribution is -2.39. The van der Waals surface area contributed by atoms with Crippen LogP contribution in [-0.4, -0.2) is 51.1 Å². The van der Waals surface area contributed by atoms with Gasteiger partial charge in [-0.05, 0) is 57.2 Å². The standard InChI is InChI=1S/C24H29ClN6O/c1-15-13-31-22(27-23(15)29-11-9-17(26)14-29)12-20(28-31)21-8-3-4-10-30(21)24(32)18-6-5-7-19(25)16(18)2/h5-7,12-13,17,21H,3-4,8-11,14,26H2,1-2H3. The van der Waals surface area contributed by atoms with Crippen LogP contribution in [0.25, 0.3) is 5.65 Å². The quantitative estimate of drug-likeness (QED) is 0.651. The summed E-state index contributed by atoms with van der Waals surface area (Å²) in [5.74, 6) is 0.991. The second kappa shape index (κ2) is 8.37. The first kappa shape index (κ1) is 21.2. The molecular weight excluding hydrogens is 424 g/mol. The average molecular weight is 453 g/mol. The van der Waals surface area contributed by atoms with E-state index >= 15 is 0 Å². The number of amides is 1. The zero-order valence-electron chi connectivity index (χ0n) is 18.6. The van der Waals surface area contributed by atoms with E-state index in [0.29, 0.717) is 17.1 Å². The Balaban J connectivity index is 1.48. The van der Waals surface area contributed by atoms with E-state index in [-0.39, 0.29) is 18.0 Å². The van der Waals surface area contributed by atoms with Gasteiger partial charge in [-0.1, -0.05) is 17.7 Å². The topological polar surface area (TPSA) is 79.8 Å². The number of aryl methyl sites for hydroxylation is 1. The second-order valence-electron chi connectivity index (χ2n) is 9.04. The van der Waals surface area contributed by atoms with Gasteiger partial charge in [0.15, 0.2) is 5.65 Å². The van der Waals surface area contributed by atoms with Gasteiger partial charge in [-0.3, -0.25) is 4.79 Å². The molecule has 2 saturated heterocycles. The van der Waals surface area contributed by atoms with E-state index in [4.69, 9.17) is 27.4 Å². The molecule has 2 unspecified atom stereocenters. The highest BCUT2D eigenvalue weighted by molar-refractivity contribution is 6.31. The van der Waals surface area contributed by atoms with Crippen LogP contribution in [0.3, 0.4) is 0 Å². The highest BCUT2D eigenvalue weighted by Crippen LogP contribution is 2.33. The van der Waals surface area contributed by atoms with Gasteiger partial charge in [0.1, 0.15) is 5.82 Å². The lowest BCUT2D eigenvalue weighted by molar-refractivity contribution is 0.0605. The summed E-state index contributed by atoms with van der Waals surface area (Å²) in [6, 6.07) is 7.68. The summed E-state index contributed by atoms with van der Waals surface area (Å²) in [6.45, 7) is 6.43. The third-order valence-corrected chi connectivity index (χ3v) is 7.16. The van der Waals surface area contributed by atoms with Crippen LogP contribution in [0, 0.1) is 13.8 Å². The lowest BCUT2D eigenvalue weighted by Gasteiger charge is -2.35. The Morgan fingerprint density at radius 2 is 2.03 bits per heavy atom. The minimum atomic E-state index is -0.0692. The summed E-state index contributed by atoms with van der Waals surface area (Å²) >= 11 is 6.29. The maximum absolute atomic E-state index is 13.5. The molecule has 2 aliphatic rings. The minimum Gasteiger partial charge on any atom is -0.355 e. The van der Waals surface area contributed by atoms with Gasteiger partial charge < -0.3 is 15.5 Å². The Bertz CT molecular complexity index is 1170. The van der Waals surface area contributed by atoms with Gasteiger partial charge in [0.25, 0.3) is 5.91 Å². The van der Waals surface area contributed by atoms with E-state index in [2.05, 4.69) is 11.8 Å². The Hall–Kier alpha value is -2.64. The highest BCUT2D eigenvalue weighted by Gasteiger charge is 2.32. The molecule has 32 heavy (non-hydrogen) atoms. The van der Waals surface area contributed by atoms with E-state index in [1.165, 1.54) is 0 Å². The molecule has 2 N–H and O–H groups in total. The Kier molecular flexibility index (Phi) is 5.55. The summed E-state index contributed by atoms with van der Waals surface area (Å²) in [5, 5.41) is 5.45. The molecule has 8 heteroatoms. The molecule has 1 amide bonds. The monoisotopic (exact) mass is 452 g/mol. The van der Waals surface area contributed by atoms with E-state index < -0.39 is 0 Å². The number of carbonyl (C=O) groups excluding carboxylic acids is 1. The van der Waals surface area contributed by atoms with Crippen molar-refractivity contribution in [3.8, 4) is 0 Å². The van der Waals surface area contributed by atoms with Crippen LogP contribution in [0.1, 0.15) is 58.9 Å². The molecule has 2 aromatic heterocycles. The number of benzene rings is 1. The molecule has 0 saturated carbocycles. The van der Waals surface area contributed by atoms with Crippen molar-refractivity contribution in [3.63, 3.8) is 0 Å². The van der Waals surface area contributed by atoms with Gasteiger partial charge in [-0.25, -0.2) is 9.50 Å². The predicted molar refractivity (Wildman–Crippen MR) is 126 cm³/mol. The Labute approximate surface area is 193 Å². The van der Waals surface area contributed by atoms with Crippen molar-refractivity contribution >= 4 is 29.0 Å². The number of rotatable bonds is 3. The van der Waals surface area contributed by atoms with Gasteiger partial charge in [0, 0.05) is 54.1 Å². The van der Waals surface area contributed by atoms with Crippen molar-refractivity contribution < 1.29 is 4.79 Å². The maximum Gasteiger partial charge on any atom is 0.254 e. The molecule has 0 bridgehead atoms. The summed E-state index contributed by atoms with van der Waals surface area (Å²) in [6.07, 6.45) is 5.97. The number of piperidine rings is 1. The number of fused-ring (bicyclic) bond motifs is 1. The molecule has 3 aromatic rings. The molecule has 1 aromatic carbocycles. The molecule has 0 spiro atoms. The number of aromatic nitrogens is 3. The van der Waals surface area contributed by atoms with Gasteiger partial charge in [0.05, 0.1) is 11.7 Å². The van der Waals surface area contributed by atoms with Crippen molar-refractivity contribution in [1.29, 1.82) is 0 Å². The van der Waals surface area contributed by atoms with Crippen molar-refractivity contribution in [2.45, 2.75) is 51.6 Å². The van der Waals surface area contributed by atoms with Crippen molar-refractivity contribution in [1.82, 2.24) is 19.5 Å². The van der Waals surface area contributed by atoms with Gasteiger partial charge >= 0.3 is 0 Å². The fourth-order valence-corrected chi connectivity index (χ4v) is 5.13. The predicted octanol–water partition coefficient (Wildman–Crippen LogP) is 3.90. The number of halogens is 1. The van der Waals surface area contributed by atoms with Crippen LogP contribution in [-0.2, 0) is 0 Å².